The lowest BCUT2D eigenvalue weighted by atomic mass is 10.2. The first-order chi connectivity index (χ1) is 14.1. The minimum atomic E-state index is -0.125. The van der Waals surface area contributed by atoms with Crippen molar-refractivity contribution in [1.82, 2.24) is 0 Å². The van der Waals surface area contributed by atoms with Gasteiger partial charge < -0.3 is 43.0 Å². The summed E-state index contributed by atoms with van der Waals surface area (Å²) in [6, 6.07) is 0. The quantitative estimate of drug-likeness (QED) is 0.239. The highest BCUT2D eigenvalue weighted by molar-refractivity contribution is 4.57. The Morgan fingerprint density at radius 2 is 0.655 bits per heavy atom. The van der Waals surface area contributed by atoms with Crippen LogP contribution in [0.15, 0.2) is 0 Å². The first-order valence-electron chi connectivity index (χ1n) is 10.4. The Morgan fingerprint density at radius 3 is 0.897 bits per heavy atom. The van der Waals surface area contributed by atoms with Crippen LogP contribution < -0.4 is 0 Å². The molecule has 0 bridgehead atoms. The van der Waals surface area contributed by atoms with Crippen LogP contribution in [0.3, 0.4) is 0 Å². The summed E-state index contributed by atoms with van der Waals surface area (Å²) in [7, 11) is 0. The van der Waals surface area contributed by atoms with Crippen LogP contribution in [0.4, 0.5) is 0 Å². The Hall–Kier alpha value is -0.360. The van der Waals surface area contributed by atoms with Crippen molar-refractivity contribution in [3.8, 4) is 0 Å². The van der Waals surface area contributed by atoms with E-state index >= 15 is 0 Å². The van der Waals surface area contributed by atoms with Gasteiger partial charge in [-0.3, -0.25) is 0 Å². The summed E-state index contributed by atoms with van der Waals surface area (Å²) in [6.45, 7) is 13.9. The zero-order valence-corrected chi connectivity index (χ0v) is 18.5. The summed E-state index contributed by atoms with van der Waals surface area (Å²) < 4.78 is 42.9. The van der Waals surface area contributed by atoms with Crippen molar-refractivity contribution < 1.29 is 43.0 Å². The van der Waals surface area contributed by atoms with Crippen LogP contribution in [0.25, 0.3) is 0 Å². The van der Waals surface area contributed by atoms with E-state index in [0.29, 0.717) is 99.1 Å². The first kappa shape index (κ1) is 28.6. The molecule has 0 saturated carbocycles. The lowest BCUT2D eigenvalue weighted by molar-refractivity contribution is -0.0466. The van der Waals surface area contributed by atoms with Gasteiger partial charge in [0.1, 0.15) is 0 Å². The van der Waals surface area contributed by atoms with Crippen LogP contribution in [0, 0.1) is 0 Å². The SMILES string of the molecule is CC(C)(C)OCCOCCOCCOCCOCCOCCOCCOCCO. The van der Waals surface area contributed by atoms with E-state index in [1.807, 2.05) is 20.8 Å². The van der Waals surface area contributed by atoms with Crippen LogP contribution in [-0.4, -0.2) is 116 Å². The first-order valence-corrected chi connectivity index (χ1v) is 10.4. The Bertz CT molecular complexity index is 311. The predicted molar refractivity (Wildman–Crippen MR) is 109 cm³/mol. The number of aliphatic hydroxyl groups is 1. The third kappa shape index (κ3) is 27.6. The van der Waals surface area contributed by atoms with Crippen molar-refractivity contribution in [2.45, 2.75) is 26.4 Å². The summed E-state index contributed by atoms with van der Waals surface area (Å²) in [5.74, 6) is 0. The Balaban J connectivity index is 3.02. The number of aliphatic hydroxyl groups excluding tert-OH is 1. The van der Waals surface area contributed by atoms with Crippen LogP contribution in [-0.2, 0) is 37.9 Å². The van der Waals surface area contributed by atoms with Crippen LogP contribution in [0.5, 0.6) is 0 Å². The average Bonchev–Trinajstić information content (AvgIpc) is 2.67. The summed E-state index contributed by atoms with van der Waals surface area (Å²) >= 11 is 0. The molecule has 0 heterocycles. The van der Waals surface area contributed by atoms with E-state index in [9.17, 15) is 0 Å². The minimum absolute atomic E-state index is 0.0338. The molecule has 0 aromatic rings. The third-order valence-electron chi connectivity index (χ3n) is 3.23. The van der Waals surface area contributed by atoms with Crippen LogP contribution in [0.2, 0.25) is 0 Å². The van der Waals surface area contributed by atoms with E-state index < -0.39 is 0 Å². The van der Waals surface area contributed by atoms with Gasteiger partial charge in [0.15, 0.2) is 0 Å². The average molecular weight is 427 g/mol. The number of hydrogen-bond acceptors (Lipinski definition) is 9. The summed E-state index contributed by atoms with van der Waals surface area (Å²) in [6.07, 6.45) is 0. The van der Waals surface area contributed by atoms with Crippen molar-refractivity contribution in [2.24, 2.45) is 0 Å². The van der Waals surface area contributed by atoms with Crippen LogP contribution in [0.1, 0.15) is 20.8 Å². The highest BCUT2D eigenvalue weighted by atomic mass is 16.6. The van der Waals surface area contributed by atoms with E-state index in [4.69, 9.17) is 43.0 Å². The van der Waals surface area contributed by atoms with Gasteiger partial charge in [0.2, 0.25) is 0 Å². The third-order valence-corrected chi connectivity index (χ3v) is 3.23. The van der Waals surface area contributed by atoms with Crippen molar-refractivity contribution in [1.29, 1.82) is 0 Å². The second-order valence-corrected chi connectivity index (χ2v) is 6.97. The predicted octanol–water partition coefficient (Wildman–Crippen LogP) is 0.910. The van der Waals surface area contributed by atoms with Gasteiger partial charge in [-0.1, -0.05) is 0 Å². The van der Waals surface area contributed by atoms with Gasteiger partial charge in [-0.25, -0.2) is 0 Å². The highest BCUT2D eigenvalue weighted by Crippen LogP contribution is 2.05. The lowest BCUT2D eigenvalue weighted by Gasteiger charge is -2.19. The fourth-order valence-electron chi connectivity index (χ4n) is 1.89. The van der Waals surface area contributed by atoms with Gasteiger partial charge in [-0.2, -0.15) is 0 Å². The van der Waals surface area contributed by atoms with E-state index in [1.54, 1.807) is 0 Å². The van der Waals surface area contributed by atoms with Crippen LogP contribution >= 0.6 is 0 Å². The fourth-order valence-corrected chi connectivity index (χ4v) is 1.89. The zero-order valence-electron chi connectivity index (χ0n) is 18.5. The molecule has 0 rings (SSSR count). The van der Waals surface area contributed by atoms with Gasteiger partial charge in [0.25, 0.3) is 0 Å². The normalized spacial score (nSPS) is 12.0. The van der Waals surface area contributed by atoms with Crippen molar-refractivity contribution in [3.05, 3.63) is 0 Å². The molecule has 29 heavy (non-hydrogen) atoms. The smallest absolute Gasteiger partial charge is 0.0707 e. The maximum Gasteiger partial charge on any atom is 0.0707 e. The molecule has 0 atom stereocenters. The fraction of sp³-hybridized carbons (Fsp3) is 1.00. The summed E-state index contributed by atoms with van der Waals surface area (Å²) in [5, 5.41) is 8.53. The largest absolute Gasteiger partial charge is 0.394 e. The van der Waals surface area contributed by atoms with E-state index in [0.717, 1.165) is 0 Å². The molecule has 1 N–H and O–H groups in total. The molecule has 0 aliphatic rings. The minimum Gasteiger partial charge on any atom is -0.394 e. The highest BCUT2D eigenvalue weighted by Gasteiger charge is 2.08. The van der Waals surface area contributed by atoms with Crippen molar-refractivity contribution >= 4 is 0 Å². The lowest BCUT2D eigenvalue weighted by Crippen LogP contribution is -2.22. The summed E-state index contributed by atoms with van der Waals surface area (Å²) in [5.41, 5.74) is -0.125. The molecule has 0 aliphatic carbocycles. The van der Waals surface area contributed by atoms with E-state index in [1.165, 1.54) is 0 Å². The molecule has 0 saturated heterocycles. The Labute approximate surface area is 175 Å². The maximum absolute atomic E-state index is 8.53. The Morgan fingerprint density at radius 1 is 0.414 bits per heavy atom. The van der Waals surface area contributed by atoms with E-state index in [-0.39, 0.29) is 12.2 Å². The molecule has 0 radical (unpaired) electrons. The molecule has 0 aromatic carbocycles. The monoisotopic (exact) mass is 426 g/mol. The maximum atomic E-state index is 8.53. The van der Waals surface area contributed by atoms with Crippen molar-refractivity contribution in [3.63, 3.8) is 0 Å². The van der Waals surface area contributed by atoms with Gasteiger partial charge >= 0.3 is 0 Å². The molecular formula is C20H42O9. The topological polar surface area (TPSA) is 94.1 Å². The molecule has 0 spiro atoms. The summed E-state index contributed by atoms with van der Waals surface area (Å²) in [4.78, 5) is 0. The second kappa shape index (κ2) is 22.3. The van der Waals surface area contributed by atoms with Gasteiger partial charge in [-0.15, -0.1) is 0 Å². The van der Waals surface area contributed by atoms with Gasteiger partial charge in [0, 0.05) is 0 Å². The Kier molecular flexibility index (Phi) is 22.1. The van der Waals surface area contributed by atoms with Gasteiger partial charge in [-0.05, 0) is 20.8 Å². The molecule has 0 unspecified atom stereocenters. The molecule has 0 amide bonds. The molecule has 9 nitrogen and oxygen atoms in total. The van der Waals surface area contributed by atoms with E-state index in [2.05, 4.69) is 0 Å². The second-order valence-electron chi connectivity index (χ2n) is 6.97. The molecular weight excluding hydrogens is 384 g/mol. The molecule has 0 aromatic heterocycles. The molecule has 0 aliphatic heterocycles. The molecule has 176 valence electrons. The molecule has 0 fully saturated rings. The van der Waals surface area contributed by atoms with Gasteiger partial charge in [0.05, 0.1) is 111 Å². The number of rotatable bonds is 23. The number of hydrogen-bond donors (Lipinski definition) is 1. The molecule has 9 heteroatoms. The number of ether oxygens (including phenoxy) is 8. The van der Waals surface area contributed by atoms with Crippen molar-refractivity contribution in [2.75, 3.05) is 106 Å². The standard InChI is InChI=1S/C20H42O9/c1-20(2,3)29-19-18-28-17-16-27-15-14-26-13-12-25-11-10-24-9-8-23-7-6-22-5-4-21/h21H,4-19H2,1-3H3. The zero-order chi connectivity index (χ0) is 21.5.